The van der Waals surface area contributed by atoms with E-state index < -0.39 is 0 Å². The van der Waals surface area contributed by atoms with Crippen LogP contribution in [0.25, 0.3) is 0 Å². The van der Waals surface area contributed by atoms with E-state index in [1.54, 1.807) is 7.11 Å². The highest BCUT2D eigenvalue weighted by molar-refractivity contribution is 8.14. The Morgan fingerprint density at radius 2 is 2.00 bits per heavy atom. The van der Waals surface area contributed by atoms with E-state index in [1.165, 1.54) is 31.0 Å². The Bertz CT molecular complexity index is 808. The average molecular weight is 431 g/mol. The second-order valence-electron chi connectivity index (χ2n) is 8.07. The molecule has 0 spiro atoms. The second kappa shape index (κ2) is 9.36. The van der Waals surface area contributed by atoms with Crippen LogP contribution in [0, 0.1) is 11.3 Å². The fourth-order valence-electron chi connectivity index (χ4n) is 4.33. The average Bonchev–Trinajstić information content (AvgIpc) is 3.14. The van der Waals surface area contributed by atoms with Gasteiger partial charge in [0, 0.05) is 17.8 Å². The van der Waals surface area contributed by atoms with Gasteiger partial charge in [0.1, 0.15) is 17.8 Å². The lowest BCUT2D eigenvalue weighted by molar-refractivity contribution is -0.119. The van der Waals surface area contributed by atoms with Gasteiger partial charge in [-0.05, 0) is 44.0 Å². The number of anilines is 1. The van der Waals surface area contributed by atoms with Crippen molar-refractivity contribution in [1.82, 2.24) is 16.2 Å². The molecule has 1 saturated heterocycles. The van der Waals surface area contributed by atoms with E-state index in [-0.39, 0.29) is 29.8 Å². The van der Waals surface area contributed by atoms with E-state index in [1.807, 2.05) is 36.1 Å². The summed E-state index contributed by atoms with van der Waals surface area (Å²) in [4.78, 5) is 19.2. The molecular formula is C21H30N6O2S. The molecule has 1 aromatic rings. The van der Waals surface area contributed by atoms with Crippen LogP contribution in [0.2, 0.25) is 0 Å². The molecule has 0 radical (unpaired) electrons. The van der Waals surface area contributed by atoms with Gasteiger partial charge in [-0.1, -0.05) is 31.0 Å². The standard InChI is InChI=1S/C21H30N6O2S/c1-13-18-19(22)27(15-8-10-16(29-2)11-9-15)21(24-20(18)26-25-13)30-12-17(28)23-14-6-4-3-5-7-14/h8-11,13-14,18,20,22,25-26H,3-7,12H2,1-2H3,(H,23,28). The number of benzene rings is 1. The molecule has 3 aliphatic rings. The summed E-state index contributed by atoms with van der Waals surface area (Å²) in [6.45, 7) is 2.05. The van der Waals surface area contributed by atoms with Gasteiger partial charge in [0.05, 0.1) is 18.8 Å². The van der Waals surface area contributed by atoms with Crippen LogP contribution in [0.1, 0.15) is 39.0 Å². The van der Waals surface area contributed by atoms with E-state index in [0.29, 0.717) is 17.0 Å². The normalized spacial score (nSPS) is 26.9. The molecule has 9 heteroatoms. The minimum absolute atomic E-state index is 0.0313. The number of aliphatic imine (C=N–C) groups is 1. The summed E-state index contributed by atoms with van der Waals surface area (Å²) in [5.74, 6) is 1.47. The minimum Gasteiger partial charge on any atom is -0.497 e. The van der Waals surface area contributed by atoms with E-state index in [9.17, 15) is 4.79 Å². The van der Waals surface area contributed by atoms with Gasteiger partial charge in [-0.15, -0.1) is 0 Å². The van der Waals surface area contributed by atoms with Gasteiger partial charge in [-0.2, -0.15) is 0 Å². The molecule has 0 bridgehead atoms. The van der Waals surface area contributed by atoms with Crippen molar-refractivity contribution < 1.29 is 9.53 Å². The Hall–Kier alpha value is -2.10. The number of fused-ring (bicyclic) bond motifs is 1. The lowest BCUT2D eigenvalue weighted by Gasteiger charge is -2.36. The van der Waals surface area contributed by atoms with Crippen LogP contribution in [0.3, 0.4) is 0 Å². The SMILES string of the molecule is COc1ccc(N2C(=N)C3C(C)NNC3N=C2SCC(=O)NC2CCCCC2)cc1. The Morgan fingerprint density at radius 3 is 2.70 bits per heavy atom. The number of nitrogens with one attached hydrogen (secondary N) is 4. The zero-order valence-electron chi connectivity index (χ0n) is 17.5. The number of amidine groups is 2. The molecule has 162 valence electrons. The van der Waals surface area contributed by atoms with Gasteiger partial charge >= 0.3 is 0 Å². The number of amides is 1. The number of nitrogens with zero attached hydrogens (tertiary/aromatic N) is 2. The molecule has 4 N–H and O–H groups in total. The minimum atomic E-state index is -0.203. The number of ether oxygens (including phenoxy) is 1. The van der Waals surface area contributed by atoms with Crippen molar-refractivity contribution >= 4 is 34.4 Å². The summed E-state index contributed by atoms with van der Waals surface area (Å²) in [5.41, 5.74) is 7.21. The Kier molecular flexibility index (Phi) is 6.60. The molecule has 1 amide bonds. The van der Waals surface area contributed by atoms with Gasteiger partial charge in [-0.3, -0.25) is 20.5 Å². The van der Waals surface area contributed by atoms with E-state index >= 15 is 0 Å². The van der Waals surface area contributed by atoms with Crippen LogP contribution in [0.15, 0.2) is 29.3 Å². The molecule has 4 rings (SSSR count). The van der Waals surface area contributed by atoms with Gasteiger partial charge in [0.15, 0.2) is 5.17 Å². The van der Waals surface area contributed by atoms with Crippen LogP contribution in [0.5, 0.6) is 5.75 Å². The molecule has 3 unspecified atom stereocenters. The van der Waals surface area contributed by atoms with Crippen LogP contribution >= 0.6 is 11.8 Å². The number of hydrogen-bond acceptors (Lipinski definition) is 7. The first-order valence-corrected chi connectivity index (χ1v) is 11.6. The monoisotopic (exact) mass is 430 g/mol. The lowest BCUT2D eigenvalue weighted by Crippen LogP contribution is -2.50. The highest BCUT2D eigenvalue weighted by Crippen LogP contribution is 2.32. The second-order valence-corrected chi connectivity index (χ2v) is 9.01. The van der Waals surface area contributed by atoms with E-state index in [2.05, 4.69) is 16.2 Å². The van der Waals surface area contributed by atoms with Crippen LogP contribution in [-0.2, 0) is 4.79 Å². The summed E-state index contributed by atoms with van der Waals surface area (Å²) in [6.07, 6.45) is 5.57. The van der Waals surface area contributed by atoms with Gasteiger partial charge in [0.2, 0.25) is 5.91 Å². The number of hydrazine groups is 1. The lowest BCUT2D eigenvalue weighted by atomic mass is 9.95. The highest BCUT2D eigenvalue weighted by Gasteiger charge is 2.43. The molecule has 1 aliphatic carbocycles. The largest absolute Gasteiger partial charge is 0.497 e. The molecule has 8 nitrogen and oxygen atoms in total. The third-order valence-corrected chi connectivity index (χ3v) is 6.92. The highest BCUT2D eigenvalue weighted by atomic mass is 32.2. The first-order valence-electron chi connectivity index (χ1n) is 10.6. The van der Waals surface area contributed by atoms with Crippen molar-refractivity contribution in [2.24, 2.45) is 10.9 Å². The fraction of sp³-hybridized carbons (Fsp3) is 0.571. The number of methoxy groups -OCH3 is 1. The molecule has 0 aromatic heterocycles. The maximum atomic E-state index is 12.5. The Morgan fingerprint density at radius 1 is 1.27 bits per heavy atom. The van der Waals surface area contributed by atoms with Crippen molar-refractivity contribution in [2.75, 3.05) is 17.8 Å². The fourth-order valence-corrected chi connectivity index (χ4v) is 5.19. The number of carbonyl (C=O) groups is 1. The molecule has 3 atom stereocenters. The first kappa shape index (κ1) is 21.1. The number of thioether (sulfide) groups is 1. The van der Waals surface area contributed by atoms with Crippen LogP contribution in [-0.4, -0.2) is 48.0 Å². The van der Waals surface area contributed by atoms with Gasteiger partial charge < -0.3 is 10.1 Å². The molecule has 1 aromatic carbocycles. The quantitative estimate of drug-likeness (QED) is 0.572. The van der Waals surface area contributed by atoms with Gasteiger partial charge in [0.25, 0.3) is 0 Å². The summed E-state index contributed by atoms with van der Waals surface area (Å²) < 4.78 is 5.27. The van der Waals surface area contributed by atoms with Crippen molar-refractivity contribution in [3.63, 3.8) is 0 Å². The third kappa shape index (κ3) is 4.48. The first-order chi connectivity index (χ1) is 14.6. The predicted molar refractivity (Wildman–Crippen MR) is 121 cm³/mol. The molecule has 30 heavy (non-hydrogen) atoms. The molecule has 1 saturated carbocycles. The maximum Gasteiger partial charge on any atom is 0.230 e. The summed E-state index contributed by atoms with van der Waals surface area (Å²) in [5, 5.41) is 12.7. The van der Waals surface area contributed by atoms with Crippen molar-refractivity contribution in [3.8, 4) is 5.75 Å². The zero-order chi connectivity index (χ0) is 21.1. The Labute approximate surface area is 181 Å². The number of rotatable bonds is 5. The topological polar surface area (TPSA) is 102 Å². The molecular weight excluding hydrogens is 400 g/mol. The maximum absolute atomic E-state index is 12.5. The van der Waals surface area contributed by atoms with Crippen LogP contribution < -0.4 is 25.8 Å². The van der Waals surface area contributed by atoms with Crippen LogP contribution in [0.4, 0.5) is 5.69 Å². The Balaban J connectivity index is 1.50. The summed E-state index contributed by atoms with van der Waals surface area (Å²) in [7, 11) is 1.63. The van der Waals surface area contributed by atoms with Crippen molar-refractivity contribution in [3.05, 3.63) is 24.3 Å². The van der Waals surface area contributed by atoms with E-state index in [0.717, 1.165) is 24.3 Å². The number of carbonyl (C=O) groups excluding carboxylic acids is 1. The van der Waals surface area contributed by atoms with Crippen molar-refractivity contribution in [2.45, 2.75) is 57.3 Å². The number of hydrogen-bond donors (Lipinski definition) is 4. The molecule has 2 fully saturated rings. The molecule has 2 aliphatic heterocycles. The zero-order valence-corrected chi connectivity index (χ0v) is 18.3. The van der Waals surface area contributed by atoms with E-state index in [4.69, 9.17) is 15.1 Å². The van der Waals surface area contributed by atoms with Crippen molar-refractivity contribution in [1.29, 1.82) is 5.41 Å². The predicted octanol–water partition coefficient (Wildman–Crippen LogP) is 2.47. The smallest absolute Gasteiger partial charge is 0.230 e. The molecule has 2 heterocycles. The third-order valence-electron chi connectivity index (χ3n) is 5.97. The van der Waals surface area contributed by atoms with Gasteiger partial charge in [-0.25, -0.2) is 10.4 Å². The summed E-state index contributed by atoms with van der Waals surface area (Å²) in [6, 6.07) is 7.98. The summed E-state index contributed by atoms with van der Waals surface area (Å²) >= 11 is 1.38.